The van der Waals surface area contributed by atoms with E-state index in [1.54, 1.807) is 0 Å². The highest BCUT2D eigenvalue weighted by molar-refractivity contribution is 6.13. The molecule has 0 aliphatic rings. The van der Waals surface area contributed by atoms with Gasteiger partial charge in [-0.2, -0.15) is 0 Å². The molecule has 25 valence electrons. The van der Waals surface area contributed by atoms with Crippen LogP contribution in [-0.2, 0) is 0 Å². The van der Waals surface area contributed by atoms with Crippen molar-refractivity contribution >= 4 is 11.8 Å². The molecule has 0 atom stereocenters. The zero-order chi connectivity index (χ0) is 3.41. The lowest BCUT2D eigenvalue weighted by Gasteiger charge is -1.71. The molecule has 0 fully saturated rings. The summed E-state index contributed by atoms with van der Waals surface area (Å²) in [6.45, 7) is 3.95. The van der Waals surface area contributed by atoms with Gasteiger partial charge in [-0.25, -0.2) is 4.84 Å². The SMILES string of the molecule is [CH2]CNCl. The van der Waals surface area contributed by atoms with Gasteiger partial charge in [0.05, 0.1) is 0 Å². The van der Waals surface area contributed by atoms with E-state index in [-0.39, 0.29) is 0 Å². The Balaban J connectivity index is 1.97. The highest BCUT2D eigenvalue weighted by Crippen LogP contribution is 1.51. The van der Waals surface area contributed by atoms with Crippen LogP contribution >= 0.6 is 11.8 Å². The molecule has 0 saturated heterocycles. The summed E-state index contributed by atoms with van der Waals surface area (Å²) >= 11 is 4.87. The summed E-state index contributed by atoms with van der Waals surface area (Å²) in [5, 5.41) is 0. The largest absolute Gasteiger partial charge is 0.234 e. The molecule has 0 bridgehead atoms. The van der Waals surface area contributed by atoms with Crippen LogP contribution in [0.5, 0.6) is 0 Å². The second-order valence-corrected chi connectivity index (χ2v) is 0.651. The fourth-order valence-corrected chi connectivity index (χ4v) is 0. The number of hydrogen-bond donors (Lipinski definition) is 1. The molecule has 0 aliphatic heterocycles. The normalized spacial score (nSPS) is 7.50. The van der Waals surface area contributed by atoms with Crippen LogP contribution in [0.3, 0.4) is 0 Å². The van der Waals surface area contributed by atoms with E-state index >= 15 is 0 Å². The van der Waals surface area contributed by atoms with Gasteiger partial charge in [-0.3, -0.25) is 0 Å². The van der Waals surface area contributed by atoms with Gasteiger partial charge in [0.15, 0.2) is 0 Å². The molecule has 1 radical (unpaired) electrons. The summed E-state index contributed by atoms with van der Waals surface area (Å²) in [6, 6.07) is 0. The zero-order valence-corrected chi connectivity index (χ0v) is 3.05. The summed E-state index contributed by atoms with van der Waals surface area (Å²) in [5.74, 6) is 0. The predicted octanol–water partition coefficient (Wildman–Crippen LogP) is 0.564. The van der Waals surface area contributed by atoms with Crippen molar-refractivity contribution in [1.82, 2.24) is 4.84 Å². The van der Waals surface area contributed by atoms with E-state index in [1.807, 2.05) is 0 Å². The molecular weight excluding hydrogens is 73.5 g/mol. The minimum Gasteiger partial charge on any atom is -0.234 e. The standard InChI is InChI=1S/C2H5ClN/c1-2-4-3/h4H,1-2H2. The van der Waals surface area contributed by atoms with Crippen molar-refractivity contribution in [2.45, 2.75) is 0 Å². The highest BCUT2D eigenvalue weighted by atomic mass is 35.5. The lowest BCUT2D eigenvalue weighted by atomic mass is 10.8. The molecule has 0 heterocycles. The van der Waals surface area contributed by atoms with Crippen molar-refractivity contribution in [3.05, 3.63) is 6.92 Å². The first kappa shape index (κ1) is 4.25. The number of hydrogen-bond acceptors (Lipinski definition) is 1. The summed E-state index contributed by atoms with van der Waals surface area (Å²) < 4.78 is 0. The van der Waals surface area contributed by atoms with Crippen molar-refractivity contribution < 1.29 is 0 Å². The summed E-state index contributed by atoms with van der Waals surface area (Å²) in [6.07, 6.45) is 0. The molecule has 4 heavy (non-hydrogen) atoms. The van der Waals surface area contributed by atoms with Gasteiger partial charge in [-0.05, 0) is 18.7 Å². The zero-order valence-electron chi connectivity index (χ0n) is 2.29. The maximum Gasteiger partial charge on any atom is 0.0108 e. The fraction of sp³-hybridized carbons (Fsp3) is 0.500. The Morgan fingerprint density at radius 2 is 2.25 bits per heavy atom. The summed E-state index contributed by atoms with van der Waals surface area (Å²) in [7, 11) is 0. The van der Waals surface area contributed by atoms with E-state index in [9.17, 15) is 0 Å². The molecule has 1 nitrogen and oxygen atoms in total. The number of halogens is 1. The smallest absolute Gasteiger partial charge is 0.0108 e. The first-order valence-corrected chi connectivity index (χ1v) is 1.42. The van der Waals surface area contributed by atoms with Crippen molar-refractivity contribution in [2.75, 3.05) is 6.54 Å². The highest BCUT2D eigenvalue weighted by Gasteiger charge is 1.54. The average Bonchev–Trinajstić information content (AvgIpc) is 1.37. The van der Waals surface area contributed by atoms with E-state index in [2.05, 4.69) is 11.8 Å². The Bertz CT molecular complexity index is 8.00. The van der Waals surface area contributed by atoms with E-state index in [4.69, 9.17) is 11.8 Å². The van der Waals surface area contributed by atoms with Gasteiger partial charge >= 0.3 is 0 Å². The third kappa shape index (κ3) is 2.25. The van der Waals surface area contributed by atoms with Gasteiger partial charge in [-0.15, -0.1) is 0 Å². The molecular formula is C2H5ClN. The third-order valence-corrected chi connectivity index (χ3v) is 0.283. The van der Waals surface area contributed by atoms with Crippen LogP contribution in [0.1, 0.15) is 0 Å². The maximum atomic E-state index is 4.87. The van der Waals surface area contributed by atoms with Crippen LogP contribution in [0.25, 0.3) is 0 Å². The lowest BCUT2D eigenvalue weighted by Crippen LogP contribution is -1.92. The molecule has 0 aliphatic carbocycles. The van der Waals surface area contributed by atoms with Crippen molar-refractivity contribution in [3.8, 4) is 0 Å². The third-order valence-electron chi connectivity index (χ3n) is 0.0945. The molecule has 0 spiro atoms. The summed E-state index contributed by atoms with van der Waals surface area (Å²) in [4.78, 5) is 2.29. The topological polar surface area (TPSA) is 12.0 Å². The second kappa shape index (κ2) is 3.25. The molecule has 0 unspecified atom stereocenters. The predicted molar refractivity (Wildman–Crippen MR) is 19.2 cm³/mol. The second-order valence-electron chi connectivity index (χ2n) is 0.384. The van der Waals surface area contributed by atoms with Crippen LogP contribution in [0, 0.1) is 6.92 Å². The van der Waals surface area contributed by atoms with Gasteiger partial charge in [0.25, 0.3) is 0 Å². The van der Waals surface area contributed by atoms with E-state index < -0.39 is 0 Å². The minimum atomic E-state index is 0.585. The molecule has 1 N–H and O–H groups in total. The Labute approximate surface area is 31.1 Å². The van der Waals surface area contributed by atoms with Gasteiger partial charge in [0, 0.05) is 6.54 Å². The van der Waals surface area contributed by atoms with Crippen molar-refractivity contribution in [3.63, 3.8) is 0 Å². The van der Waals surface area contributed by atoms with Gasteiger partial charge in [0.2, 0.25) is 0 Å². The Hall–Kier alpha value is 0.250. The number of nitrogens with one attached hydrogen (secondary N) is 1. The van der Waals surface area contributed by atoms with E-state index in [0.29, 0.717) is 6.54 Å². The Kier molecular flexibility index (Phi) is 3.45. The van der Waals surface area contributed by atoms with Crippen LogP contribution < -0.4 is 4.84 Å². The van der Waals surface area contributed by atoms with Crippen LogP contribution in [0.2, 0.25) is 0 Å². The first-order valence-electron chi connectivity index (χ1n) is 1.04. The van der Waals surface area contributed by atoms with Gasteiger partial charge < -0.3 is 0 Å². The molecule has 0 aromatic heterocycles. The lowest BCUT2D eigenvalue weighted by molar-refractivity contribution is 1.11. The monoisotopic (exact) mass is 78.0 g/mol. The number of rotatable bonds is 1. The van der Waals surface area contributed by atoms with E-state index in [1.165, 1.54) is 0 Å². The van der Waals surface area contributed by atoms with Gasteiger partial charge in [0.1, 0.15) is 0 Å². The van der Waals surface area contributed by atoms with Crippen LogP contribution in [-0.4, -0.2) is 6.54 Å². The quantitative estimate of drug-likeness (QED) is 0.452. The van der Waals surface area contributed by atoms with E-state index in [0.717, 1.165) is 0 Å². The molecule has 0 saturated carbocycles. The molecule has 0 amide bonds. The van der Waals surface area contributed by atoms with Crippen LogP contribution in [0.4, 0.5) is 0 Å². The molecule has 0 rings (SSSR count). The molecule has 0 aromatic carbocycles. The minimum absolute atomic E-state index is 0.585. The van der Waals surface area contributed by atoms with Crippen LogP contribution in [0.15, 0.2) is 0 Å². The first-order chi connectivity index (χ1) is 1.91. The summed E-state index contributed by atoms with van der Waals surface area (Å²) in [5.41, 5.74) is 0. The fourth-order valence-electron chi connectivity index (χ4n) is 0. The van der Waals surface area contributed by atoms with Gasteiger partial charge in [-0.1, -0.05) is 0 Å². The van der Waals surface area contributed by atoms with Crippen molar-refractivity contribution in [1.29, 1.82) is 0 Å². The Morgan fingerprint density at radius 3 is 2.25 bits per heavy atom. The molecule has 0 aromatic rings. The van der Waals surface area contributed by atoms with Crippen molar-refractivity contribution in [2.24, 2.45) is 0 Å². The molecule has 2 heteroatoms. The Morgan fingerprint density at radius 1 is 2.00 bits per heavy atom. The maximum absolute atomic E-state index is 4.87. The average molecular weight is 78.5 g/mol.